The fourth-order valence-corrected chi connectivity index (χ4v) is 2.09. The van der Waals surface area contributed by atoms with Gasteiger partial charge in [0.25, 0.3) is 0 Å². The molecule has 5 nitrogen and oxygen atoms in total. The Kier molecular flexibility index (Phi) is 3.35. The molecule has 5 heteroatoms. The Bertz CT molecular complexity index is 627. The van der Waals surface area contributed by atoms with Crippen molar-refractivity contribution in [3.63, 3.8) is 0 Å². The summed E-state index contributed by atoms with van der Waals surface area (Å²) in [7, 11) is 0. The van der Waals surface area contributed by atoms with Gasteiger partial charge in [0.05, 0.1) is 6.61 Å². The molecule has 0 atom stereocenters. The van der Waals surface area contributed by atoms with E-state index in [1.807, 2.05) is 24.3 Å². The van der Waals surface area contributed by atoms with Gasteiger partial charge in [-0.25, -0.2) is 0 Å². The van der Waals surface area contributed by atoms with E-state index >= 15 is 0 Å². The van der Waals surface area contributed by atoms with Crippen molar-refractivity contribution in [2.45, 2.75) is 13.2 Å². The van der Waals surface area contributed by atoms with E-state index in [0.717, 1.165) is 16.8 Å². The fraction of sp³-hybridized carbons (Fsp3) is 0.200. The van der Waals surface area contributed by atoms with Crippen molar-refractivity contribution < 1.29 is 19.7 Å². The first-order valence-corrected chi connectivity index (χ1v) is 6.31. The number of rotatable bonds is 4. The van der Waals surface area contributed by atoms with Crippen molar-refractivity contribution in [3.8, 4) is 17.2 Å². The third kappa shape index (κ3) is 2.48. The van der Waals surface area contributed by atoms with Crippen LogP contribution in [0.3, 0.4) is 0 Å². The van der Waals surface area contributed by atoms with Gasteiger partial charge in [-0.15, -0.1) is 0 Å². The number of aliphatic hydroxyl groups excluding tert-OH is 1. The third-order valence-corrected chi connectivity index (χ3v) is 3.17. The maximum absolute atomic E-state index is 9.94. The van der Waals surface area contributed by atoms with E-state index in [9.17, 15) is 5.11 Å². The summed E-state index contributed by atoms with van der Waals surface area (Å²) < 4.78 is 10.5. The Morgan fingerprint density at radius 3 is 2.70 bits per heavy atom. The average molecular weight is 273 g/mol. The van der Waals surface area contributed by atoms with Crippen LogP contribution in [0.4, 0.5) is 5.69 Å². The second-order valence-electron chi connectivity index (χ2n) is 4.55. The van der Waals surface area contributed by atoms with Crippen molar-refractivity contribution in [2.24, 2.45) is 0 Å². The van der Waals surface area contributed by atoms with E-state index in [-0.39, 0.29) is 19.1 Å². The molecule has 104 valence electrons. The van der Waals surface area contributed by atoms with Gasteiger partial charge in [-0.1, -0.05) is 12.1 Å². The van der Waals surface area contributed by atoms with Gasteiger partial charge < -0.3 is 25.0 Å². The molecule has 0 radical (unpaired) electrons. The predicted molar refractivity (Wildman–Crippen MR) is 73.9 cm³/mol. The Labute approximate surface area is 116 Å². The molecule has 1 aliphatic rings. The minimum atomic E-state index is 0.00476. The normalized spacial score (nSPS) is 12.4. The van der Waals surface area contributed by atoms with E-state index < -0.39 is 0 Å². The van der Waals surface area contributed by atoms with Gasteiger partial charge >= 0.3 is 0 Å². The summed E-state index contributed by atoms with van der Waals surface area (Å²) in [5, 5.41) is 22.2. The number of aliphatic hydroxyl groups is 1. The minimum Gasteiger partial charge on any atom is -0.507 e. The van der Waals surface area contributed by atoms with E-state index in [2.05, 4.69) is 5.32 Å². The number of fused-ring (bicyclic) bond motifs is 1. The Morgan fingerprint density at radius 1 is 1.10 bits per heavy atom. The van der Waals surface area contributed by atoms with Crippen LogP contribution in [0.2, 0.25) is 0 Å². The smallest absolute Gasteiger partial charge is 0.231 e. The summed E-state index contributed by atoms with van der Waals surface area (Å²) in [6.45, 7) is 0.645. The molecule has 2 aromatic rings. The van der Waals surface area contributed by atoms with Gasteiger partial charge in [-0.3, -0.25) is 0 Å². The largest absolute Gasteiger partial charge is 0.507 e. The lowest BCUT2D eigenvalue weighted by atomic mass is 10.1. The number of hydrogen-bond acceptors (Lipinski definition) is 5. The number of phenolic OH excluding ortho intramolecular Hbond substituents is 1. The summed E-state index contributed by atoms with van der Waals surface area (Å²) in [4.78, 5) is 0. The second-order valence-corrected chi connectivity index (χ2v) is 4.55. The predicted octanol–water partition coefficient (Wildman–Crippen LogP) is 2.23. The Balaban J connectivity index is 1.75. The lowest BCUT2D eigenvalue weighted by Crippen LogP contribution is -2.00. The minimum absolute atomic E-state index is 0.00476. The topological polar surface area (TPSA) is 71.0 Å². The zero-order chi connectivity index (χ0) is 13.9. The summed E-state index contributed by atoms with van der Waals surface area (Å²) in [5.41, 5.74) is 2.45. The summed E-state index contributed by atoms with van der Waals surface area (Å²) in [6, 6.07) is 10.8. The van der Waals surface area contributed by atoms with Crippen LogP contribution in [-0.2, 0) is 13.2 Å². The van der Waals surface area contributed by atoms with Gasteiger partial charge in [0.15, 0.2) is 11.5 Å². The maximum atomic E-state index is 9.94. The van der Waals surface area contributed by atoms with Crippen LogP contribution in [0.1, 0.15) is 11.1 Å². The van der Waals surface area contributed by atoms with Gasteiger partial charge in [-0.05, 0) is 23.8 Å². The van der Waals surface area contributed by atoms with Crippen molar-refractivity contribution in [3.05, 3.63) is 47.5 Å². The highest BCUT2D eigenvalue weighted by Crippen LogP contribution is 2.37. The number of phenols is 1. The molecule has 0 spiro atoms. The number of ether oxygens (including phenoxy) is 2. The molecular formula is C15H15NO4. The van der Waals surface area contributed by atoms with Gasteiger partial charge in [0, 0.05) is 23.9 Å². The quantitative estimate of drug-likeness (QED) is 0.796. The number of aromatic hydroxyl groups is 1. The number of benzene rings is 2. The third-order valence-electron chi connectivity index (χ3n) is 3.17. The molecule has 0 amide bonds. The van der Waals surface area contributed by atoms with Gasteiger partial charge in [0.2, 0.25) is 6.79 Å². The number of hydrogen-bond donors (Lipinski definition) is 3. The van der Waals surface area contributed by atoms with Crippen molar-refractivity contribution in [1.29, 1.82) is 0 Å². The number of anilines is 1. The summed E-state index contributed by atoms with van der Waals surface area (Å²) in [5.74, 6) is 1.37. The molecule has 0 aliphatic carbocycles. The van der Waals surface area contributed by atoms with Crippen LogP contribution >= 0.6 is 0 Å². The molecule has 0 aromatic heterocycles. The molecule has 0 saturated carbocycles. The van der Waals surface area contributed by atoms with Crippen LogP contribution < -0.4 is 14.8 Å². The monoisotopic (exact) mass is 273 g/mol. The van der Waals surface area contributed by atoms with Gasteiger partial charge in [-0.2, -0.15) is 0 Å². The van der Waals surface area contributed by atoms with E-state index in [4.69, 9.17) is 14.6 Å². The SMILES string of the molecule is OCc1cccc(NCc2cc3c(cc2O)OCO3)c1. The van der Waals surface area contributed by atoms with Crippen LogP contribution in [0.25, 0.3) is 0 Å². The first kappa shape index (κ1) is 12.6. The summed E-state index contributed by atoms with van der Waals surface area (Å²) >= 11 is 0. The van der Waals surface area contributed by atoms with Crippen molar-refractivity contribution >= 4 is 5.69 Å². The van der Waals surface area contributed by atoms with Crippen LogP contribution in [0.5, 0.6) is 17.2 Å². The first-order valence-electron chi connectivity index (χ1n) is 6.31. The fourth-order valence-electron chi connectivity index (χ4n) is 2.09. The molecule has 20 heavy (non-hydrogen) atoms. The molecular weight excluding hydrogens is 258 g/mol. The second kappa shape index (κ2) is 5.30. The van der Waals surface area contributed by atoms with Crippen LogP contribution in [-0.4, -0.2) is 17.0 Å². The molecule has 0 fully saturated rings. The highest BCUT2D eigenvalue weighted by molar-refractivity contribution is 5.53. The molecule has 0 unspecified atom stereocenters. The molecule has 0 saturated heterocycles. The molecule has 3 N–H and O–H groups in total. The van der Waals surface area contributed by atoms with E-state index in [1.54, 1.807) is 12.1 Å². The van der Waals surface area contributed by atoms with E-state index in [1.165, 1.54) is 0 Å². The highest BCUT2D eigenvalue weighted by Gasteiger charge is 2.16. The Morgan fingerprint density at radius 2 is 1.90 bits per heavy atom. The lowest BCUT2D eigenvalue weighted by molar-refractivity contribution is 0.174. The first-order chi connectivity index (χ1) is 9.76. The average Bonchev–Trinajstić information content (AvgIpc) is 2.92. The van der Waals surface area contributed by atoms with Crippen LogP contribution in [0.15, 0.2) is 36.4 Å². The standard InChI is InChI=1S/C15H15NO4/c17-8-10-2-1-3-12(4-10)16-7-11-5-14-15(6-13(11)18)20-9-19-14/h1-6,16-18H,7-9H2. The van der Waals surface area contributed by atoms with E-state index in [0.29, 0.717) is 18.0 Å². The summed E-state index contributed by atoms with van der Waals surface area (Å²) in [6.07, 6.45) is 0. The maximum Gasteiger partial charge on any atom is 0.231 e. The molecule has 1 heterocycles. The molecule has 3 rings (SSSR count). The lowest BCUT2D eigenvalue weighted by Gasteiger charge is -2.10. The van der Waals surface area contributed by atoms with Crippen LogP contribution in [0, 0.1) is 0 Å². The highest BCUT2D eigenvalue weighted by atomic mass is 16.7. The molecule has 0 bridgehead atoms. The number of nitrogens with one attached hydrogen (secondary N) is 1. The molecule has 2 aromatic carbocycles. The zero-order valence-corrected chi connectivity index (χ0v) is 10.8. The van der Waals surface area contributed by atoms with Crippen molar-refractivity contribution in [1.82, 2.24) is 0 Å². The zero-order valence-electron chi connectivity index (χ0n) is 10.8. The van der Waals surface area contributed by atoms with Crippen molar-refractivity contribution in [2.75, 3.05) is 12.1 Å². The van der Waals surface area contributed by atoms with Gasteiger partial charge in [0.1, 0.15) is 5.75 Å². The molecule has 1 aliphatic heterocycles. The Hall–Kier alpha value is -2.40.